The number of nitrogens with one attached hydrogen (secondary N) is 1. The summed E-state index contributed by atoms with van der Waals surface area (Å²) in [5.41, 5.74) is 1.48. The zero-order chi connectivity index (χ0) is 20.3. The minimum atomic E-state index is -0.224. The Morgan fingerprint density at radius 1 is 1.14 bits per heavy atom. The number of carbonyl (C=O) groups is 1. The maximum Gasteiger partial charge on any atom is 0.229 e. The third-order valence-electron chi connectivity index (χ3n) is 3.90. The third-order valence-corrected chi connectivity index (χ3v) is 4.39. The first-order valence-electron chi connectivity index (χ1n) is 8.30. The Morgan fingerprint density at radius 3 is 2.57 bits per heavy atom. The van der Waals surface area contributed by atoms with Crippen LogP contribution in [0.15, 0.2) is 36.5 Å². The van der Waals surface area contributed by atoms with Gasteiger partial charge >= 0.3 is 0 Å². The van der Waals surface area contributed by atoms with Crippen molar-refractivity contribution in [3.63, 3.8) is 0 Å². The van der Waals surface area contributed by atoms with E-state index in [0.717, 1.165) is 5.56 Å². The van der Waals surface area contributed by atoms with Crippen molar-refractivity contribution < 1.29 is 14.3 Å². The number of ether oxygens (including phenoxy) is 2. The maximum atomic E-state index is 12.6. The van der Waals surface area contributed by atoms with Gasteiger partial charge in [0.2, 0.25) is 5.91 Å². The molecule has 9 heteroatoms. The van der Waals surface area contributed by atoms with Crippen LogP contribution in [-0.4, -0.2) is 34.9 Å². The van der Waals surface area contributed by atoms with E-state index in [9.17, 15) is 4.79 Å². The van der Waals surface area contributed by atoms with E-state index in [2.05, 4.69) is 15.4 Å². The third kappa shape index (κ3) is 4.37. The van der Waals surface area contributed by atoms with Crippen LogP contribution in [0.25, 0.3) is 5.82 Å². The molecule has 0 saturated heterocycles. The number of nitrogens with zero attached hydrogens (tertiary/aromatic N) is 3. The van der Waals surface area contributed by atoms with E-state index < -0.39 is 0 Å². The number of anilines is 1. The van der Waals surface area contributed by atoms with E-state index in [-0.39, 0.29) is 12.3 Å². The summed E-state index contributed by atoms with van der Waals surface area (Å²) in [6.45, 7) is 1.81. The number of halogens is 2. The van der Waals surface area contributed by atoms with Crippen molar-refractivity contribution in [3.8, 4) is 17.3 Å². The van der Waals surface area contributed by atoms with E-state index in [4.69, 9.17) is 32.7 Å². The van der Waals surface area contributed by atoms with Crippen molar-refractivity contribution in [3.05, 3.63) is 57.8 Å². The molecule has 146 valence electrons. The van der Waals surface area contributed by atoms with Gasteiger partial charge in [0.15, 0.2) is 17.3 Å². The molecule has 0 unspecified atom stereocenters. The highest BCUT2D eigenvalue weighted by molar-refractivity contribution is 6.35. The van der Waals surface area contributed by atoms with E-state index in [1.54, 1.807) is 44.6 Å². The predicted octanol–water partition coefficient (Wildman–Crippen LogP) is 4.08. The van der Waals surface area contributed by atoms with Crippen LogP contribution in [0.5, 0.6) is 11.5 Å². The SMILES string of the molecule is COc1ccc(CC(=O)Nc2cc(C)nn2-c2ncc(Cl)cc2Cl)cc1OC. The van der Waals surface area contributed by atoms with Gasteiger partial charge in [-0.3, -0.25) is 4.79 Å². The second-order valence-corrected chi connectivity index (χ2v) is 6.80. The zero-order valence-electron chi connectivity index (χ0n) is 15.5. The number of pyridine rings is 1. The van der Waals surface area contributed by atoms with Crippen LogP contribution in [0.4, 0.5) is 5.82 Å². The van der Waals surface area contributed by atoms with Gasteiger partial charge in [0.05, 0.1) is 36.4 Å². The largest absolute Gasteiger partial charge is 0.493 e. The molecule has 2 aromatic heterocycles. The fourth-order valence-corrected chi connectivity index (χ4v) is 3.14. The van der Waals surface area contributed by atoms with E-state index in [1.165, 1.54) is 10.9 Å². The average Bonchev–Trinajstić information content (AvgIpc) is 3.01. The summed E-state index contributed by atoms with van der Waals surface area (Å²) >= 11 is 12.1. The second kappa shape index (κ2) is 8.50. The lowest BCUT2D eigenvalue weighted by atomic mass is 10.1. The van der Waals surface area contributed by atoms with E-state index >= 15 is 0 Å². The van der Waals surface area contributed by atoms with Gasteiger partial charge < -0.3 is 14.8 Å². The van der Waals surface area contributed by atoms with Gasteiger partial charge in [0.1, 0.15) is 5.82 Å². The number of hydrogen-bond acceptors (Lipinski definition) is 5. The van der Waals surface area contributed by atoms with Crippen molar-refractivity contribution in [1.29, 1.82) is 0 Å². The lowest BCUT2D eigenvalue weighted by Crippen LogP contribution is -2.17. The Balaban J connectivity index is 1.82. The van der Waals surface area contributed by atoms with Crippen LogP contribution in [0.3, 0.4) is 0 Å². The molecule has 0 aliphatic carbocycles. The summed E-state index contributed by atoms with van der Waals surface area (Å²) in [7, 11) is 3.11. The molecule has 0 atom stereocenters. The van der Waals surface area contributed by atoms with Crippen molar-refractivity contribution in [1.82, 2.24) is 14.8 Å². The Bertz CT molecular complexity index is 1020. The predicted molar refractivity (Wildman–Crippen MR) is 108 cm³/mol. The molecular formula is C19H18Cl2N4O3. The highest BCUT2D eigenvalue weighted by atomic mass is 35.5. The van der Waals surface area contributed by atoms with Gasteiger partial charge in [-0.15, -0.1) is 0 Å². The van der Waals surface area contributed by atoms with Crippen LogP contribution < -0.4 is 14.8 Å². The summed E-state index contributed by atoms with van der Waals surface area (Å²) in [5.74, 6) is 1.77. The van der Waals surface area contributed by atoms with Crippen LogP contribution in [0, 0.1) is 6.92 Å². The zero-order valence-corrected chi connectivity index (χ0v) is 17.0. The number of aryl methyl sites for hydroxylation is 1. The van der Waals surface area contributed by atoms with Crippen LogP contribution in [0.1, 0.15) is 11.3 Å². The Kier molecular flexibility index (Phi) is 6.06. The van der Waals surface area contributed by atoms with Gasteiger partial charge in [-0.05, 0) is 30.7 Å². The molecular weight excluding hydrogens is 403 g/mol. The quantitative estimate of drug-likeness (QED) is 0.649. The first-order chi connectivity index (χ1) is 13.4. The molecule has 1 amide bonds. The van der Waals surface area contributed by atoms with Gasteiger partial charge in [-0.25, -0.2) is 4.98 Å². The van der Waals surface area contributed by atoms with Crippen molar-refractivity contribution >= 4 is 34.9 Å². The molecule has 0 spiro atoms. The normalized spacial score (nSPS) is 10.6. The van der Waals surface area contributed by atoms with Gasteiger partial charge in [-0.1, -0.05) is 29.3 Å². The monoisotopic (exact) mass is 420 g/mol. The Labute approximate surface area is 172 Å². The number of rotatable bonds is 6. The molecule has 3 rings (SSSR count). The Morgan fingerprint density at radius 2 is 1.89 bits per heavy atom. The molecule has 2 heterocycles. The van der Waals surface area contributed by atoms with Gasteiger partial charge in [-0.2, -0.15) is 9.78 Å². The number of benzene rings is 1. The summed E-state index contributed by atoms with van der Waals surface area (Å²) in [5, 5.41) is 7.94. The number of amides is 1. The maximum absolute atomic E-state index is 12.6. The second-order valence-electron chi connectivity index (χ2n) is 5.96. The first kappa shape index (κ1) is 20.0. The highest BCUT2D eigenvalue weighted by Crippen LogP contribution is 2.28. The molecule has 0 bridgehead atoms. The summed E-state index contributed by atoms with van der Waals surface area (Å²) in [6.07, 6.45) is 1.61. The lowest BCUT2D eigenvalue weighted by Gasteiger charge is -2.11. The fourth-order valence-electron chi connectivity index (χ4n) is 2.68. The minimum Gasteiger partial charge on any atom is -0.493 e. The number of aromatic nitrogens is 3. The summed E-state index contributed by atoms with van der Waals surface area (Å²) in [6, 6.07) is 8.63. The van der Waals surface area contributed by atoms with Gasteiger partial charge in [0, 0.05) is 12.3 Å². The highest BCUT2D eigenvalue weighted by Gasteiger charge is 2.15. The summed E-state index contributed by atoms with van der Waals surface area (Å²) in [4.78, 5) is 16.8. The Hall–Kier alpha value is -2.77. The molecule has 7 nitrogen and oxygen atoms in total. The molecule has 3 aromatic rings. The molecule has 1 aromatic carbocycles. The van der Waals surface area contributed by atoms with Crippen LogP contribution >= 0.6 is 23.2 Å². The smallest absolute Gasteiger partial charge is 0.229 e. The van der Waals surface area contributed by atoms with Crippen molar-refractivity contribution in [2.24, 2.45) is 0 Å². The number of hydrogen-bond donors (Lipinski definition) is 1. The number of methoxy groups -OCH3 is 2. The standard InChI is InChI=1S/C19H18Cl2N4O3/c1-11-6-17(25(24-11)19-14(21)9-13(20)10-22-19)23-18(26)8-12-4-5-15(27-2)16(7-12)28-3/h4-7,9-10H,8H2,1-3H3,(H,23,26). The van der Waals surface area contributed by atoms with Crippen LogP contribution in [-0.2, 0) is 11.2 Å². The van der Waals surface area contributed by atoms with Crippen molar-refractivity contribution in [2.75, 3.05) is 19.5 Å². The lowest BCUT2D eigenvalue weighted by molar-refractivity contribution is -0.115. The summed E-state index contributed by atoms with van der Waals surface area (Å²) < 4.78 is 12.0. The molecule has 0 saturated carbocycles. The molecule has 0 radical (unpaired) electrons. The topological polar surface area (TPSA) is 78.3 Å². The number of carbonyl (C=O) groups excluding carboxylic acids is 1. The minimum absolute atomic E-state index is 0.145. The molecule has 0 aliphatic heterocycles. The molecule has 28 heavy (non-hydrogen) atoms. The van der Waals surface area contributed by atoms with E-state index in [0.29, 0.717) is 38.9 Å². The molecule has 0 aliphatic rings. The average molecular weight is 421 g/mol. The fraction of sp³-hybridized carbons (Fsp3) is 0.211. The van der Waals surface area contributed by atoms with Crippen molar-refractivity contribution in [2.45, 2.75) is 13.3 Å². The van der Waals surface area contributed by atoms with Crippen LogP contribution in [0.2, 0.25) is 10.0 Å². The first-order valence-corrected chi connectivity index (χ1v) is 9.05. The molecule has 0 fully saturated rings. The van der Waals surface area contributed by atoms with Gasteiger partial charge in [0.25, 0.3) is 0 Å². The van der Waals surface area contributed by atoms with E-state index in [1.807, 2.05) is 6.92 Å². The molecule has 1 N–H and O–H groups in total.